The molecule has 1 aliphatic rings. The van der Waals surface area contributed by atoms with E-state index in [-0.39, 0.29) is 5.92 Å². The topological polar surface area (TPSA) is 24.7 Å². The van der Waals surface area contributed by atoms with E-state index in [0.29, 0.717) is 0 Å². The third kappa shape index (κ3) is 4.67. The zero-order valence-electron chi connectivity index (χ0n) is 25.4. The standard InChI is InChI=1S/C43H32N2/c1-28-14-11-15-29(2)40(28)44-42-35-24-12-21-33-22-13-25-36(39(33)35)43(42)45-41-34-23-10-9-16-30(34)26-27-37(41)38(31-17-5-3-6-18-31)32-19-7-4-8-20-32/h3-27,38H,1-2H3. The molecule has 214 valence electrons. The van der Waals surface area contributed by atoms with Crippen molar-refractivity contribution in [3.8, 4) is 0 Å². The molecule has 0 saturated heterocycles. The third-order valence-electron chi connectivity index (χ3n) is 9.03. The van der Waals surface area contributed by atoms with Crippen LogP contribution in [0.25, 0.3) is 21.5 Å². The molecule has 1 aliphatic carbocycles. The predicted molar refractivity (Wildman–Crippen MR) is 190 cm³/mol. The van der Waals surface area contributed by atoms with Gasteiger partial charge in [-0.2, -0.15) is 0 Å². The molecule has 0 amide bonds. The second kappa shape index (κ2) is 11.2. The summed E-state index contributed by atoms with van der Waals surface area (Å²) >= 11 is 0. The molecule has 2 heteroatoms. The molecule has 0 saturated carbocycles. The van der Waals surface area contributed by atoms with Crippen LogP contribution in [0.3, 0.4) is 0 Å². The van der Waals surface area contributed by atoms with Crippen LogP contribution >= 0.6 is 0 Å². The third-order valence-corrected chi connectivity index (χ3v) is 9.03. The maximum Gasteiger partial charge on any atom is 0.0979 e. The van der Waals surface area contributed by atoms with Gasteiger partial charge in [-0.1, -0.05) is 152 Å². The molecule has 0 N–H and O–H groups in total. The molecule has 7 aromatic carbocycles. The highest BCUT2D eigenvalue weighted by Gasteiger charge is 2.29. The van der Waals surface area contributed by atoms with Crippen molar-refractivity contribution in [3.63, 3.8) is 0 Å². The fourth-order valence-electron chi connectivity index (χ4n) is 6.90. The molecule has 0 bridgehead atoms. The number of hydrogen-bond donors (Lipinski definition) is 0. The SMILES string of the molecule is Cc1cccc(C)c1N=C1C(=Nc2c(C(c3ccccc3)c3ccccc3)ccc3ccccc23)c2cccc3cccc1c23. The first kappa shape index (κ1) is 27.0. The van der Waals surface area contributed by atoms with Crippen LogP contribution in [0.2, 0.25) is 0 Å². The van der Waals surface area contributed by atoms with Crippen molar-refractivity contribution < 1.29 is 0 Å². The molecule has 0 unspecified atom stereocenters. The van der Waals surface area contributed by atoms with Gasteiger partial charge in [0.2, 0.25) is 0 Å². The van der Waals surface area contributed by atoms with Crippen LogP contribution in [0.15, 0.2) is 162 Å². The first-order chi connectivity index (χ1) is 22.2. The molecule has 0 spiro atoms. The molecule has 0 aromatic heterocycles. The zero-order chi connectivity index (χ0) is 30.3. The van der Waals surface area contributed by atoms with Crippen LogP contribution in [-0.2, 0) is 0 Å². The molecular formula is C43H32N2. The van der Waals surface area contributed by atoms with Gasteiger partial charge in [0.25, 0.3) is 0 Å². The number of fused-ring (bicyclic) bond motifs is 1. The second-order valence-electron chi connectivity index (χ2n) is 11.8. The van der Waals surface area contributed by atoms with Gasteiger partial charge >= 0.3 is 0 Å². The summed E-state index contributed by atoms with van der Waals surface area (Å²) in [4.78, 5) is 11.2. The Balaban J connectivity index is 1.46. The quantitative estimate of drug-likeness (QED) is 0.182. The van der Waals surface area contributed by atoms with Crippen molar-refractivity contribution >= 4 is 44.3 Å². The average Bonchev–Trinajstić information content (AvgIpc) is 3.38. The summed E-state index contributed by atoms with van der Waals surface area (Å²) in [5.41, 5.74) is 12.1. The maximum atomic E-state index is 5.72. The summed E-state index contributed by atoms with van der Waals surface area (Å²) in [6, 6.07) is 54.1. The Morgan fingerprint density at radius 1 is 0.422 bits per heavy atom. The molecule has 8 rings (SSSR count). The highest BCUT2D eigenvalue weighted by molar-refractivity contribution is 6.61. The molecule has 2 nitrogen and oxygen atoms in total. The van der Waals surface area contributed by atoms with E-state index in [1.165, 1.54) is 32.8 Å². The lowest BCUT2D eigenvalue weighted by atomic mass is 9.83. The van der Waals surface area contributed by atoms with Gasteiger partial charge in [-0.15, -0.1) is 0 Å². The fraction of sp³-hybridized carbons (Fsp3) is 0.0698. The van der Waals surface area contributed by atoms with E-state index >= 15 is 0 Å². The number of aliphatic imine (C=N–C) groups is 2. The summed E-state index contributed by atoms with van der Waals surface area (Å²) in [6.45, 7) is 4.28. The summed E-state index contributed by atoms with van der Waals surface area (Å²) in [5, 5.41) is 4.72. The second-order valence-corrected chi connectivity index (χ2v) is 11.8. The lowest BCUT2D eigenvalue weighted by molar-refractivity contribution is 0.979. The van der Waals surface area contributed by atoms with Gasteiger partial charge in [0.1, 0.15) is 0 Å². The smallest absolute Gasteiger partial charge is 0.0979 e. The van der Waals surface area contributed by atoms with Crippen LogP contribution in [0.1, 0.15) is 44.9 Å². The summed E-state index contributed by atoms with van der Waals surface area (Å²) < 4.78 is 0. The number of nitrogens with zero attached hydrogens (tertiary/aromatic N) is 2. The first-order valence-electron chi connectivity index (χ1n) is 15.6. The van der Waals surface area contributed by atoms with Gasteiger partial charge < -0.3 is 0 Å². The van der Waals surface area contributed by atoms with E-state index in [4.69, 9.17) is 9.98 Å². The lowest BCUT2D eigenvalue weighted by Gasteiger charge is -2.22. The van der Waals surface area contributed by atoms with Crippen molar-refractivity contribution in [1.29, 1.82) is 0 Å². The molecule has 0 fully saturated rings. The van der Waals surface area contributed by atoms with Crippen LogP contribution in [-0.4, -0.2) is 11.4 Å². The van der Waals surface area contributed by atoms with Crippen LogP contribution in [0.4, 0.5) is 11.4 Å². The van der Waals surface area contributed by atoms with Crippen molar-refractivity contribution in [1.82, 2.24) is 0 Å². The largest absolute Gasteiger partial charge is 0.246 e. The Bertz CT molecular complexity index is 2210. The molecule has 0 aliphatic heterocycles. The van der Waals surface area contributed by atoms with E-state index in [1.807, 2.05) is 0 Å². The Labute approximate surface area is 264 Å². The van der Waals surface area contributed by atoms with E-state index in [1.54, 1.807) is 0 Å². The zero-order valence-corrected chi connectivity index (χ0v) is 25.4. The molecule has 7 aromatic rings. The van der Waals surface area contributed by atoms with Crippen LogP contribution in [0.5, 0.6) is 0 Å². The Morgan fingerprint density at radius 3 is 1.56 bits per heavy atom. The van der Waals surface area contributed by atoms with E-state index in [0.717, 1.165) is 50.4 Å². The van der Waals surface area contributed by atoms with Gasteiger partial charge in [-0.05, 0) is 52.4 Å². The normalized spacial score (nSPS) is 14.3. The minimum atomic E-state index is 0.00919. The Morgan fingerprint density at radius 2 is 0.933 bits per heavy atom. The van der Waals surface area contributed by atoms with Gasteiger partial charge in [0.05, 0.1) is 22.8 Å². The Kier molecular flexibility index (Phi) is 6.69. The highest BCUT2D eigenvalue weighted by Crippen LogP contribution is 2.43. The Hall–Kier alpha value is -5.60. The maximum absolute atomic E-state index is 5.72. The van der Waals surface area contributed by atoms with Crippen LogP contribution in [0, 0.1) is 13.8 Å². The van der Waals surface area contributed by atoms with Gasteiger partial charge in [-0.3, -0.25) is 0 Å². The molecule has 0 radical (unpaired) electrons. The van der Waals surface area contributed by atoms with Crippen molar-refractivity contribution in [3.05, 3.63) is 191 Å². The highest BCUT2D eigenvalue weighted by atomic mass is 14.8. The number of rotatable bonds is 5. The summed E-state index contributed by atoms with van der Waals surface area (Å²) in [6.07, 6.45) is 0. The number of para-hydroxylation sites is 1. The predicted octanol–water partition coefficient (Wildman–Crippen LogP) is 11.0. The molecular weight excluding hydrogens is 544 g/mol. The fourth-order valence-corrected chi connectivity index (χ4v) is 6.90. The molecule has 45 heavy (non-hydrogen) atoms. The van der Waals surface area contributed by atoms with E-state index in [9.17, 15) is 0 Å². The first-order valence-corrected chi connectivity index (χ1v) is 15.6. The molecule has 0 atom stereocenters. The van der Waals surface area contributed by atoms with Gasteiger partial charge in [0, 0.05) is 27.8 Å². The van der Waals surface area contributed by atoms with E-state index < -0.39 is 0 Å². The van der Waals surface area contributed by atoms with Crippen molar-refractivity contribution in [2.24, 2.45) is 9.98 Å². The average molecular weight is 577 g/mol. The minimum absolute atomic E-state index is 0.00919. The number of hydrogen-bond acceptors (Lipinski definition) is 2. The lowest BCUT2D eigenvalue weighted by Crippen LogP contribution is -2.11. The van der Waals surface area contributed by atoms with Gasteiger partial charge in [-0.25, -0.2) is 9.98 Å². The van der Waals surface area contributed by atoms with E-state index in [2.05, 4.69) is 166 Å². The number of aryl methyl sites for hydroxylation is 2. The summed E-state index contributed by atoms with van der Waals surface area (Å²) in [7, 11) is 0. The number of benzene rings is 7. The summed E-state index contributed by atoms with van der Waals surface area (Å²) in [5.74, 6) is 0.00919. The minimum Gasteiger partial charge on any atom is -0.246 e. The molecule has 0 heterocycles. The van der Waals surface area contributed by atoms with Crippen LogP contribution < -0.4 is 0 Å². The monoisotopic (exact) mass is 576 g/mol. The van der Waals surface area contributed by atoms with Crippen molar-refractivity contribution in [2.75, 3.05) is 0 Å². The van der Waals surface area contributed by atoms with Gasteiger partial charge in [0.15, 0.2) is 0 Å². The van der Waals surface area contributed by atoms with Crippen molar-refractivity contribution in [2.45, 2.75) is 19.8 Å².